The molecule has 0 atom stereocenters. The maximum Gasteiger partial charge on any atom is 0.336 e. The van der Waals surface area contributed by atoms with Gasteiger partial charge in [0.2, 0.25) is 0 Å². The summed E-state index contributed by atoms with van der Waals surface area (Å²) in [6.07, 6.45) is 7.79. The van der Waals surface area contributed by atoms with Gasteiger partial charge < -0.3 is 9.84 Å². The van der Waals surface area contributed by atoms with E-state index in [1.54, 1.807) is 13.8 Å². The minimum Gasteiger partial charge on any atom is -0.494 e. The Morgan fingerprint density at radius 2 is 1.84 bits per heavy atom. The second kappa shape index (κ2) is 12.7. The molecule has 0 heterocycles. The van der Waals surface area contributed by atoms with Crippen LogP contribution in [0.25, 0.3) is 0 Å². The number of hydrogen-bond donors (Lipinski definition) is 1. The Kier molecular flexibility index (Phi) is 13.1. The molecule has 0 aliphatic rings. The first-order valence-corrected chi connectivity index (χ1v) is 6.56. The van der Waals surface area contributed by atoms with E-state index in [2.05, 4.69) is 6.58 Å². The molecule has 0 fully saturated rings. The predicted octanol–water partition coefficient (Wildman–Crippen LogP) is 4.49. The topological polar surface area (TPSA) is 46.5 Å². The normalized spacial score (nSPS) is 12.4. The second-order valence-electron chi connectivity index (χ2n) is 3.49. The molecule has 0 aromatic heterocycles. The highest BCUT2D eigenvalue weighted by Crippen LogP contribution is 2.15. The van der Waals surface area contributed by atoms with Gasteiger partial charge >= 0.3 is 5.97 Å². The number of hydrogen-bond acceptors (Lipinski definition) is 2. The highest BCUT2D eigenvalue weighted by atomic mass is 16.5. The number of ether oxygens (including phenoxy) is 1. The molecule has 0 spiro atoms. The lowest BCUT2D eigenvalue weighted by Gasteiger charge is -2.09. The zero-order valence-electron chi connectivity index (χ0n) is 12.7. The summed E-state index contributed by atoms with van der Waals surface area (Å²) < 4.78 is 5.44. The van der Waals surface area contributed by atoms with E-state index >= 15 is 0 Å². The minimum atomic E-state index is -0.977. The summed E-state index contributed by atoms with van der Waals surface area (Å²) in [7, 11) is 0. The van der Waals surface area contributed by atoms with Crippen molar-refractivity contribution in [3.8, 4) is 0 Å². The van der Waals surface area contributed by atoms with Gasteiger partial charge in [-0.3, -0.25) is 0 Å². The lowest BCUT2D eigenvalue weighted by atomic mass is 10.1. The van der Waals surface area contributed by atoms with Crippen molar-refractivity contribution in [1.29, 1.82) is 0 Å². The first kappa shape index (κ1) is 19.6. The van der Waals surface area contributed by atoms with Crippen LogP contribution in [-0.4, -0.2) is 17.7 Å². The standard InChI is InChI=1S/C14H20O3.C2H6/c1-5-7-8-10-17-12(4)11(3)13(9-6-2)14(15)16;1-2/h6-9H,2,5,10H2,1,3-4H3,(H,15,16);1-2H3/b8-7-,12-11+,13-9+;. The van der Waals surface area contributed by atoms with Gasteiger partial charge in [0.1, 0.15) is 6.61 Å². The zero-order chi connectivity index (χ0) is 15.3. The van der Waals surface area contributed by atoms with Crippen LogP contribution < -0.4 is 0 Å². The minimum absolute atomic E-state index is 0.206. The molecule has 0 aromatic carbocycles. The van der Waals surface area contributed by atoms with Crippen molar-refractivity contribution in [2.45, 2.75) is 41.0 Å². The molecule has 1 N–H and O–H groups in total. The molecule has 0 aromatic rings. The van der Waals surface area contributed by atoms with Gasteiger partial charge in [-0.1, -0.05) is 45.6 Å². The summed E-state index contributed by atoms with van der Waals surface area (Å²) in [5.41, 5.74) is 0.819. The molecule has 0 unspecified atom stereocenters. The van der Waals surface area contributed by atoms with Gasteiger partial charge in [0, 0.05) is 5.57 Å². The van der Waals surface area contributed by atoms with Crippen LogP contribution in [-0.2, 0) is 9.53 Å². The number of rotatable bonds is 7. The molecule has 0 saturated heterocycles. The van der Waals surface area contributed by atoms with Crippen molar-refractivity contribution >= 4 is 5.97 Å². The van der Waals surface area contributed by atoms with Crippen LogP contribution in [0.15, 0.2) is 47.8 Å². The highest BCUT2D eigenvalue weighted by Gasteiger charge is 2.11. The van der Waals surface area contributed by atoms with Gasteiger partial charge in [0.15, 0.2) is 0 Å². The number of carboxylic acids is 1. The Morgan fingerprint density at radius 1 is 1.26 bits per heavy atom. The molecule has 0 aliphatic carbocycles. The molecular weight excluding hydrogens is 240 g/mol. The van der Waals surface area contributed by atoms with Crippen molar-refractivity contribution in [2.24, 2.45) is 0 Å². The predicted molar refractivity (Wildman–Crippen MR) is 81.0 cm³/mol. The molecule has 3 nitrogen and oxygen atoms in total. The third-order valence-corrected chi connectivity index (χ3v) is 2.25. The molecule has 108 valence electrons. The van der Waals surface area contributed by atoms with Crippen LogP contribution in [0.2, 0.25) is 0 Å². The molecule has 3 heteroatoms. The quantitative estimate of drug-likeness (QED) is 0.320. The van der Waals surface area contributed by atoms with Gasteiger partial charge in [-0.15, -0.1) is 0 Å². The van der Waals surface area contributed by atoms with Gasteiger partial charge in [-0.2, -0.15) is 0 Å². The molecule has 0 amide bonds. The van der Waals surface area contributed by atoms with Crippen molar-refractivity contribution < 1.29 is 14.6 Å². The van der Waals surface area contributed by atoms with Crippen LogP contribution >= 0.6 is 0 Å². The monoisotopic (exact) mass is 266 g/mol. The molecule has 0 saturated carbocycles. The Bertz CT molecular complexity index is 360. The van der Waals surface area contributed by atoms with E-state index in [-0.39, 0.29) is 5.57 Å². The first-order valence-electron chi connectivity index (χ1n) is 6.56. The molecule has 0 radical (unpaired) electrons. The van der Waals surface area contributed by atoms with E-state index in [9.17, 15) is 4.79 Å². The summed E-state index contributed by atoms with van der Waals surface area (Å²) in [4.78, 5) is 11.0. The number of allylic oxidation sites excluding steroid dienone is 4. The Morgan fingerprint density at radius 3 is 2.26 bits per heavy atom. The fourth-order valence-electron chi connectivity index (χ4n) is 1.18. The maximum atomic E-state index is 11.0. The van der Waals surface area contributed by atoms with Crippen LogP contribution in [0.3, 0.4) is 0 Å². The van der Waals surface area contributed by atoms with Gasteiger partial charge in [0.05, 0.1) is 11.3 Å². The third kappa shape index (κ3) is 8.89. The Labute approximate surface area is 117 Å². The lowest BCUT2D eigenvalue weighted by Crippen LogP contribution is -2.04. The number of aliphatic carboxylic acids is 1. The van der Waals surface area contributed by atoms with Crippen molar-refractivity contribution in [3.63, 3.8) is 0 Å². The largest absolute Gasteiger partial charge is 0.494 e. The summed E-state index contributed by atoms with van der Waals surface area (Å²) in [5.74, 6) is -0.365. The van der Waals surface area contributed by atoms with Crippen molar-refractivity contribution in [3.05, 3.63) is 47.8 Å². The number of carboxylic acid groups (broad SMARTS) is 1. The average molecular weight is 266 g/mol. The lowest BCUT2D eigenvalue weighted by molar-refractivity contribution is -0.132. The summed E-state index contributed by atoms with van der Waals surface area (Å²) in [6.45, 7) is 13.5. The van der Waals surface area contributed by atoms with Crippen molar-refractivity contribution in [1.82, 2.24) is 0 Å². The van der Waals surface area contributed by atoms with Gasteiger partial charge in [-0.05, 0) is 26.3 Å². The molecule has 0 rings (SSSR count). The molecule has 0 aliphatic heterocycles. The zero-order valence-corrected chi connectivity index (χ0v) is 12.7. The van der Waals surface area contributed by atoms with E-state index in [1.165, 1.54) is 12.2 Å². The Balaban J connectivity index is 0. The van der Waals surface area contributed by atoms with Crippen LogP contribution in [0.1, 0.15) is 41.0 Å². The fourth-order valence-corrected chi connectivity index (χ4v) is 1.18. The van der Waals surface area contributed by atoms with Crippen LogP contribution in [0, 0.1) is 0 Å². The first-order chi connectivity index (χ1) is 9.04. The summed E-state index contributed by atoms with van der Waals surface area (Å²) in [6, 6.07) is 0. The molecule has 0 bridgehead atoms. The highest BCUT2D eigenvalue weighted by molar-refractivity contribution is 5.92. The number of carbonyl (C=O) groups is 1. The smallest absolute Gasteiger partial charge is 0.336 e. The average Bonchev–Trinajstić information content (AvgIpc) is 2.41. The second-order valence-corrected chi connectivity index (χ2v) is 3.49. The fraction of sp³-hybridized carbons (Fsp3) is 0.438. The van der Waals surface area contributed by atoms with E-state index in [0.717, 1.165) is 6.42 Å². The summed E-state index contributed by atoms with van der Waals surface area (Å²) >= 11 is 0. The maximum absolute atomic E-state index is 11.0. The van der Waals surface area contributed by atoms with Crippen LogP contribution in [0.5, 0.6) is 0 Å². The van der Waals surface area contributed by atoms with Gasteiger partial charge in [0.25, 0.3) is 0 Å². The molecule has 19 heavy (non-hydrogen) atoms. The van der Waals surface area contributed by atoms with E-state index in [4.69, 9.17) is 9.84 Å². The molecular formula is C16H26O3. The van der Waals surface area contributed by atoms with Gasteiger partial charge in [-0.25, -0.2) is 4.79 Å². The van der Waals surface area contributed by atoms with Crippen LogP contribution in [0.4, 0.5) is 0 Å². The third-order valence-electron chi connectivity index (χ3n) is 2.25. The van der Waals surface area contributed by atoms with Crippen molar-refractivity contribution in [2.75, 3.05) is 6.61 Å². The summed E-state index contributed by atoms with van der Waals surface area (Å²) in [5, 5.41) is 9.01. The SMILES string of the molecule is C=C/C=C(C(=O)O)\C(C)=C(/C)OC/C=C\CC.CC. The Hall–Kier alpha value is -1.77. The van der Waals surface area contributed by atoms with E-state index in [0.29, 0.717) is 17.9 Å². The van der Waals surface area contributed by atoms with E-state index < -0.39 is 5.97 Å². The van der Waals surface area contributed by atoms with E-state index in [1.807, 2.05) is 32.9 Å².